The predicted molar refractivity (Wildman–Crippen MR) is 146 cm³/mol. The molecule has 39 heavy (non-hydrogen) atoms. The third kappa shape index (κ3) is 4.06. The van der Waals surface area contributed by atoms with Crippen molar-refractivity contribution in [1.29, 1.82) is 0 Å². The highest BCUT2D eigenvalue weighted by atomic mass is 32.2. The van der Waals surface area contributed by atoms with Gasteiger partial charge in [-0.1, -0.05) is 41.6 Å². The Morgan fingerprint density at radius 1 is 0.590 bits per heavy atom. The van der Waals surface area contributed by atoms with E-state index in [-0.39, 0.29) is 33.4 Å². The van der Waals surface area contributed by atoms with Crippen molar-refractivity contribution in [2.45, 2.75) is 16.7 Å². The van der Waals surface area contributed by atoms with Crippen LogP contribution in [0.2, 0.25) is 0 Å². The van der Waals surface area contributed by atoms with Crippen LogP contribution in [-0.4, -0.2) is 41.4 Å². The van der Waals surface area contributed by atoms with Crippen LogP contribution in [-0.2, 0) is 0 Å². The molecule has 0 aliphatic carbocycles. The molecule has 2 aliphatic rings. The van der Waals surface area contributed by atoms with Crippen molar-refractivity contribution in [1.82, 2.24) is 4.90 Å². The van der Waals surface area contributed by atoms with E-state index in [1.54, 1.807) is 23.9 Å². The van der Waals surface area contributed by atoms with Gasteiger partial charge in [0, 0.05) is 28.0 Å². The highest BCUT2D eigenvalue weighted by Crippen LogP contribution is 2.33. The Morgan fingerprint density at radius 3 is 1.64 bits per heavy atom. The molecular weight excluding hydrogens is 512 g/mol. The summed E-state index contributed by atoms with van der Waals surface area (Å²) in [4.78, 5) is 68.3. The lowest BCUT2D eigenvalue weighted by molar-refractivity contribution is 0.0692. The first kappa shape index (κ1) is 24.5. The van der Waals surface area contributed by atoms with Gasteiger partial charge in [0.25, 0.3) is 23.6 Å². The summed E-state index contributed by atoms with van der Waals surface area (Å²) in [6, 6.07) is 24.0. The third-order valence-corrected chi connectivity index (χ3v) is 7.87. The number of benzene rings is 4. The first-order valence-electron chi connectivity index (χ1n) is 12.1. The molecule has 0 aromatic heterocycles. The second-order valence-electron chi connectivity index (χ2n) is 9.37. The lowest BCUT2D eigenvalue weighted by atomic mass is 9.96. The number of hydrogen-bond donors (Lipinski definition) is 0. The third-order valence-electron chi connectivity index (χ3n) is 6.85. The molecule has 0 bridgehead atoms. The Bertz CT molecular complexity index is 1740. The van der Waals surface area contributed by atoms with Crippen LogP contribution in [0.15, 0.2) is 94.7 Å². The molecule has 0 atom stereocenters. The molecule has 4 aromatic carbocycles. The lowest BCUT2D eigenvalue weighted by Gasteiger charge is -2.14. The number of ketones is 1. The lowest BCUT2D eigenvalue weighted by Crippen LogP contribution is -2.29. The average molecular weight is 533 g/mol. The van der Waals surface area contributed by atoms with Crippen LogP contribution >= 0.6 is 11.8 Å². The van der Waals surface area contributed by atoms with Crippen molar-refractivity contribution in [3.05, 3.63) is 124 Å². The number of hydrogen-bond acceptors (Lipinski definition) is 6. The summed E-state index contributed by atoms with van der Waals surface area (Å²) < 4.78 is 0. The molecule has 0 N–H and O–H groups in total. The molecule has 0 saturated carbocycles. The molecule has 0 fully saturated rings. The Balaban J connectivity index is 1.25. The first-order valence-corrected chi connectivity index (χ1v) is 12.9. The van der Waals surface area contributed by atoms with Gasteiger partial charge in [-0.25, -0.2) is 4.90 Å². The van der Waals surface area contributed by atoms with Gasteiger partial charge in [0.1, 0.15) is 0 Å². The second kappa shape index (κ2) is 9.18. The summed E-state index contributed by atoms with van der Waals surface area (Å²) >= 11 is 1.58. The van der Waals surface area contributed by atoms with Crippen LogP contribution in [0.5, 0.6) is 0 Å². The number of aryl methyl sites for hydroxylation is 1. The average Bonchev–Trinajstić information content (AvgIpc) is 3.33. The summed E-state index contributed by atoms with van der Waals surface area (Å²) in [5.41, 5.74) is 2.78. The molecule has 7 nitrogen and oxygen atoms in total. The summed E-state index contributed by atoms with van der Waals surface area (Å²) in [6.07, 6.45) is 0. The number of carbonyl (C=O) groups is 5. The zero-order valence-corrected chi connectivity index (χ0v) is 21.7. The maximum Gasteiger partial charge on any atom is 0.266 e. The number of imide groups is 2. The van der Waals surface area contributed by atoms with Crippen LogP contribution in [0.1, 0.15) is 62.9 Å². The maximum atomic E-state index is 13.3. The van der Waals surface area contributed by atoms with Gasteiger partial charge < -0.3 is 0 Å². The molecule has 6 rings (SSSR count). The van der Waals surface area contributed by atoms with Gasteiger partial charge in [-0.05, 0) is 67.6 Å². The number of anilines is 1. The molecule has 0 radical (unpaired) electrons. The van der Waals surface area contributed by atoms with Crippen molar-refractivity contribution in [3.63, 3.8) is 0 Å². The minimum Gasteiger partial charge on any atom is -0.289 e. The van der Waals surface area contributed by atoms with E-state index in [9.17, 15) is 24.0 Å². The number of carbonyl (C=O) groups excluding carboxylic acids is 5. The Morgan fingerprint density at radius 2 is 1.05 bits per heavy atom. The van der Waals surface area contributed by atoms with Crippen LogP contribution in [0, 0.1) is 6.92 Å². The van der Waals surface area contributed by atoms with E-state index >= 15 is 0 Å². The predicted octanol–water partition coefficient (Wildman–Crippen LogP) is 5.40. The van der Waals surface area contributed by atoms with Crippen LogP contribution in [0.25, 0.3) is 0 Å². The van der Waals surface area contributed by atoms with Gasteiger partial charge >= 0.3 is 0 Å². The van der Waals surface area contributed by atoms with Gasteiger partial charge in [-0.15, -0.1) is 0 Å². The van der Waals surface area contributed by atoms with Crippen molar-refractivity contribution >= 4 is 46.9 Å². The molecule has 0 unspecified atom stereocenters. The van der Waals surface area contributed by atoms with Crippen molar-refractivity contribution in [3.8, 4) is 0 Å². The van der Waals surface area contributed by atoms with Gasteiger partial charge in [0.15, 0.2) is 5.78 Å². The van der Waals surface area contributed by atoms with E-state index in [0.29, 0.717) is 5.69 Å². The molecular formula is C31H20N2O5S. The molecule has 4 aromatic rings. The summed E-state index contributed by atoms with van der Waals surface area (Å²) in [5, 5.41) is 0. The topological polar surface area (TPSA) is 91.8 Å². The van der Waals surface area contributed by atoms with Crippen LogP contribution < -0.4 is 4.90 Å². The Labute approximate surface area is 228 Å². The number of fused-ring (bicyclic) bond motifs is 2. The summed E-state index contributed by atoms with van der Waals surface area (Å²) in [7, 11) is 1.39. The molecule has 2 aliphatic heterocycles. The van der Waals surface area contributed by atoms with E-state index in [1.165, 1.54) is 49.0 Å². The fourth-order valence-corrected chi connectivity index (χ4v) is 5.51. The molecule has 0 spiro atoms. The van der Waals surface area contributed by atoms with Gasteiger partial charge in [-0.3, -0.25) is 28.9 Å². The highest BCUT2D eigenvalue weighted by molar-refractivity contribution is 7.99. The van der Waals surface area contributed by atoms with E-state index in [4.69, 9.17) is 0 Å². The maximum absolute atomic E-state index is 13.3. The Hall–Kier alpha value is -4.82. The van der Waals surface area contributed by atoms with Gasteiger partial charge in [-0.2, -0.15) is 0 Å². The molecule has 4 amide bonds. The minimum atomic E-state index is -0.514. The van der Waals surface area contributed by atoms with Gasteiger partial charge in [0.05, 0.1) is 27.9 Å². The number of nitrogens with zero attached hydrogens (tertiary/aromatic N) is 2. The van der Waals surface area contributed by atoms with E-state index in [0.717, 1.165) is 19.6 Å². The van der Waals surface area contributed by atoms with E-state index in [2.05, 4.69) is 0 Å². The quantitative estimate of drug-likeness (QED) is 0.252. The van der Waals surface area contributed by atoms with Crippen molar-refractivity contribution in [2.24, 2.45) is 0 Å². The summed E-state index contributed by atoms with van der Waals surface area (Å²) in [6.45, 7) is 2.03. The largest absolute Gasteiger partial charge is 0.289 e. The zero-order valence-electron chi connectivity index (χ0n) is 20.9. The second-order valence-corrected chi connectivity index (χ2v) is 10.5. The fraction of sp³-hybridized carbons (Fsp3) is 0.0645. The normalized spacial score (nSPS) is 14.2. The minimum absolute atomic E-state index is 0.135. The standard InChI is InChI=1S/C31H20N2O5S/c1-17-3-9-21(10-4-17)39-22-11-7-20(8-12-22)33-30(37)24-14-6-19(16-26(24)31(33)38)27(34)18-5-13-23-25(15-18)29(36)32(2)28(23)35/h3-16H,1-2H3. The number of amides is 4. The number of rotatable bonds is 5. The molecule has 190 valence electrons. The SMILES string of the molecule is Cc1ccc(Sc2ccc(N3C(=O)c4ccc(C(=O)c5ccc6c(c5)C(=O)N(C)C6=O)cc4C3=O)cc2)cc1. The molecule has 8 heteroatoms. The van der Waals surface area contributed by atoms with E-state index < -0.39 is 29.4 Å². The zero-order chi connectivity index (χ0) is 27.4. The van der Waals surface area contributed by atoms with Gasteiger partial charge in [0.2, 0.25) is 0 Å². The molecule has 2 heterocycles. The van der Waals surface area contributed by atoms with Crippen LogP contribution in [0.3, 0.4) is 0 Å². The highest BCUT2D eigenvalue weighted by Gasteiger charge is 2.38. The monoisotopic (exact) mass is 532 g/mol. The van der Waals surface area contributed by atoms with E-state index in [1.807, 2.05) is 43.3 Å². The fourth-order valence-electron chi connectivity index (χ4n) is 4.69. The smallest absolute Gasteiger partial charge is 0.266 e. The van der Waals surface area contributed by atoms with Crippen LogP contribution in [0.4, 0.5) is 5.69 Å². The Kier molecular flexibility index (Phi) is 5.77. The summed E-state index contributed by atoms with van der Waals surface area (Å²) in [5.74, 6) is -2.29. The molecule has 0 saturated heterocycles. The first-order chi connectivity index (χ1) is 18.7. The van der Waals surface area contributed by atoms with Crippen molar-refractivity contribution < 1.29 is 24.0 Å². The van der Waals surface area contributed by atoms with Crippen molar-refractivity contribution in [2.75, 3.05) is 11.9 Å².